The summed E-state index contributed by atoms with van der Waals surface area (Å²) in [4.78, 5) is 32.5. The van der Waals surface area contributed by atoms with Gasteiger partial charge in [0.15, 0.2) is 5.65 Å². The number of anilines is 2. The predicted octanol–water partition coefficient (Wildman–Crippen LogP) is 8.97. The molecule has 6 N–H and O–H groups in total. The standard InChI is InChI=1S/C20H22F3N5O2.C20H18F3N5O2.CH3.Pd.H2/c2*1-12(2)30-16-7-14(6-15(8-16)27-19(29)26-11-20(21,22)23)17-10-25-18-13(9-24)4-3-5-28(17)18;;;/h3-8,10,12H,9,11,24H2,1-2H3,(H2,26,27,29);3-8,10,12H,11H2,1-2H3,(H2,26,27,29);1H3;;1H/q;;-1;;. The number of fused-ring (bicyclic) bond motifs is 2. The number of alkyl halides is 6. The molecule has 0 radical (unpaired) electrons. The van der Waals surface area contributed by atoms with Gasteiger partial charge in [0.25, 0.3) is 0 Å². The number of carbonyl (C=O) groups excluding carboxylic acids is 2. The number of hydrogen-bond donors (Lipinski definition) is 5. The second-order valence-corrected chi connectivity index (χ2v) is 13.6. The molecular weight excluding hydrogens is 917 g/mol. The van der Waals surface area contributed by atoms with Crippen molar-refractivity contribution in [1.29, 1.82) is 5.26 Å². The molecule has 6 rings (SSSR count). The molecule has 0 unspecified atom stereocenters. The van der Waals surface area contributed by atoms with Crippen LogP contribution in [0.2, 0.25) is 0 Å². The van der Waals surface area contributed by atoms with Gasteiger partial charge in [-0.05, 0) is 70.2 Å². The second-order valence-electron chi connectivity index (χ2n) is 13.6. The van der Waals surface area contributed by atoms with E-state index in [1.54, 1.807) is 76.1 Å². The van der Waals surface area contributed by atoms with E-state index in [-0.39, 0.29) is 52.9 Å². The number of benzene rings is 2. The number of imidazole rings is 2. The predicted molar refractivity (Wildman–Crippen MR) is 220 cm³/mol. The minimum absolute atomic E-state index is 0. The number of halogens is 6. The van der Waals surface area contributed by atoms with Crippen molar-refractivity contribution >= 4 is 34.7 Å². The number of aromatic nitrogens is 4. The zero-order chi connectivity index (χ0) is 43.8. The van der Waals surface area contributed by atoms with Crippen molar-refractivity contribution in [3.05, 3.63) is 104 Å². The average Bonchev–Trinajstić information content (AvgIpc) is 3.81. The first-order valence-corrected chi connectivity index (χ1v) is 18.2. The minimum Gasteiger partial charge on any atom is -0.491 e. The third-order valence-corrected chi connectivity index (χ3v) is 8.06. The maximum atomic E-state index is 12.3. The molecule has 0 atom stereocenters. The molecular formula is C41H45F6N10O4Pd-. The minimum atomic E-state index is -4.51. The van der Waals surface area contributed by atoms with E-state index in [1.165, 1.54) is 6.07 Å². The van der Waals surface area contributed by atoms with Crippen LogP contribution in [0, 0.1) is 18.8 Å². The SMILES string of the molecule is CC(C)Oc1cc(NC(=O)NCC(F)(F)F)cc(-c2cnc3c(C#N)cccn23)c1.CC(C)Oc1cc(NC(=O)NCC(F)(F)F)cc(-c2cnc3c(CN)cccn23)c1.[CH3-].[HH].[Pd]. The fraction of sp³-hybridized carbons (Fsp3) is 0.268. The van der Waals surface area contributed by atoms with Crippen LogP contribution >= 0.6 is 0 Å². The largest absolute Gasteiger partial charge is 0.491 e. The van der Waals surface area contributed by atoms with Crippen molar-refractivity contribution in [3.8, 4) is 40.1 Å². The van der Waals surface area contributed by atoms with E-state index in [2.05, 4.69) is 26.7 Å². The maximum Gasteiger partial charge on any atom is 0.405 e. The van der Waals surface area contributed by atoms with E-state index >= 15 is 0 Å². The molecule has 0 aliphatic carbocycles. The Bertz CT molecular complexity index is 2520. The molecule has 0 bridgehead atoms. The quantitative estimate of drug-likeness (QED) is 0.0484. The summed E-state index contributed by atoms with van der Waals surface area (Å²) in [6.07, 6.45) is -2.53. The molecule has 0 saturated carbocycles. The number of ether oxygens (including phenoxy) is 2. The first-order valence-electron chi connectivity index (χ1n) is 18.2. The number of nitrogens with zero attached hydrogens (tertiary/aromatic N) is 5. The van der Waals surface area contributed by atoms with Crippen molar-refractivity contribution in [2.75, 3.05) is 23.7 Å². The first-order chi connectivity index (χ1) is 28.3. The number of urea groups is 2. The molecule has 0 aliphatic rings. The van der Waals surface area contributed by atoms with Crippen LogP contribution in [0.3, 0.4) is 0 Å². The molecule has 0 fully saturated rings. The Hall–Kier alpha value is -6.35. The number of amides is 4. The van der Waals surface area contributed by atoms with Crippen LogP contribution in [0.4, 0.5) is 47.3 Å². The first kappa shape index (κ1) is 50.0. The molecule has 14 nitrogen and oxygen atoms in total. The van der Waals surface area contributed by atoms with Gasteiger partial charge in [0.1, 0.15) is 36.3 Å². The van der Waals surface area contributed by atoms with Crippen molar-refractivity contribution < 1.29 is 67.3 Å². The van der Waals surface area contributed by atoms with E-state index in [4.69, 9.17) is 15.2 Å². The second kappa shape index (κ2) is 21.4. The van der Waals surface area contributed by atoms with Gasteiger partial charge < -0.3 is 43.9 Å². The Morgan fingerprint density at radius 1 is 0.758 bits per heavy atom. The Morgan fingerprint density at radius 2 is 1.19 bits per heavy atom. The zero-order valence-corrected chi connectivity index (χ0v) is 35.4. The topological polar surface area (TPSA) is 185 Å². The molecule has 336 valence electrons. The Balaban J connectivity index is 0.000000414. The van der Waals surface area contributed by atoms with Gasteiger partial charge in [-0.3, -0.25) is 8.80 Å². The number of nitriles is 1. The van der Waals surface area contributed by atoms with Gasteiger partial charge >= 0.3 is 24.4 Å². The van der Waals surface area contributed by atoms with E-state index in [1.807, 2.05) is 50.4 Å². The van der Waals surface area contributed by atoms with Crippen molar-refractivity contribution in [3.63, 3.8) is 0 Å². The van der Waals surface area contributed by atoms with Crippen LogP contribution in [-0.4, -0.2) is 68.5 Å². The Labute approximate surface area is 368 Å². The van der Waals surface area contributed by atoms with Gasteiger partial charge in [0.2, 0.25) is 0 Å². The molecule has 2 aromatic carbocycles. The smallest absolute Gasteiger partial charge is 0.405 e. The zero-order valence-electron chi connectivity index (χ0n) is 33.9. The number of rotatable bonds is 11. The molecule has 21 heteroatoms. The van der Waals surface area contributed by atoms with Crippen molar-refractivity contribution in [2.45, 2.75) is 58.8 Å². The summed E-state index contributed by atoms with van der Waals surface area (Å²) in [7, 11) is 0. The van der Waals surface area contributed by atoms with Crippen LogP contribution in [0.5, 0.6) is 11.5 Å². The Kier molecular flexibility index (Phi) is 17.3. The molecule has 62 heavy (non-hydrogen) atoms. The third kappa shape index (κ3) is 13.8. The van der Waals surface area contributed by atoms with Crippen LogP contribution in [0.15, 0.2) is 85.5 Å². The van der Waals surface area contributed by atoms with Crippen molar-refractivity contribution in [2.24, 2.45) is 5.73 Å². The summed E-state index contributed by atoms with van der Waals surface area (Å²) < 4.78 is 89.0. The van der Waals surface area contributed by atoms with Crippen LogP contribution in [0.1, 0.15) is 40.2 Å². The van der Waals surface area contributed by atoms with Gasteiger partial charge in [0, 0.05) is 81.0 Å². The summed E-state index contributed by atoms with van der Waals surface area (Å²) in [5, 5.41) is 17.6. The number of hydrogen-bond acceptors (Lipinski definition) is 8. The van der Waals surface area contributed by atoms with Gasteiger partial charge in [-0.25, -0.2) is 19.6 Å². The molecule has 4 amide bonds. The fourth-order valence-corrected chi connectivity index (χ4v) is 5.78. The van der Waals surface area contributed by atoms with Gasteiger partial charge in [-0.2, -0.15) is 31.6 Å². The van der Waals surface area contributed by atoms with Crippen LogP contribution in [-0.2, 0) is 27.0 Å². The van der Waals surface area contributed by atoms with Crippen molar-refractivity contribution in [1.82, 2.24) is 29.4 Å². The third-order valence-electron chi connectivity index (χ3n) is 8.06. The van der Waals surface area contributed by atoms with Gasteiger partial charge in [0.05, 0.1) is 41.6 Å². The fourth-order valence-electron chi connectivity index (χ4n) is 5.78. The Morgan fingerprint density at radius 3 is 1.61 bits per heavy atom. The number of pyridine rings is 2. The van der Waals surface area contributed by atoms with Gasteiger partial charge in [-0.1, -0.05) is 6.07 Å². The molecule has 0 spiro atoms. The molecule has 4 aromatic heterocycles. The normalized spacial score (nSPS) is 11.2. The number of nitrogens with two attached hydrogens (primary N) is 1. The number of carbonyl (C=O) groups is 2. The van der Waals surface area contributed by atoms with E-state index < -0.39 is 37.5 Å². The summed E-state index contributed by atoms with van der Waals surface area (Å²) in [6, 6.07) is 17.0. The summed E-state index contributed by atoms with van der Waals surface area (Å²) in [5.74, 6) is 0.874. The maximum absolute atomic E-state index is 12.3. The van der Waals surface area contributed by atoms with Crippen LogP contribution < -0.4 is 36.5 Å². The van der Waals surface area contributed by atoms with E-state index in [0.717, 1.165) is 5.56 Å². The molecule has 0 saturated heterocycles. The summed E-state index contributed by atoms with van der Waals surface area (Å²) in [5.41, 5.74) is 11.3. The van der Waals surface area contributed by atoms with Gasteiger partial charge in [-0.15, -0.1) is 0 Å². The number of nitrogens with one attached hydrogen (secondary N) is 4. The van der Waals surface area contributed by atoms with E-state index in [0.29, 0.717) is 57.4 Å². The average molecular weight is 962 g/mol. The van der Waals surface area contributed by atoms with E-state index in [9.17, 15) is 41.2 Å². The monoisotopic (exact) mass is 961 g/mol. The van der Waals surface area contributed by atoms with Crippen LogP contribution in [0.25, 0.3) is 33.8 Å². The summed E-state index contributed by atoms with van der Waals surface area (Å²) >= 11 is 0. The molecule has 0 aliphatic heterocycles. The summed E-state index contributed by atoms with van der Waals surface area (Å²) in [6.45, 7) is 4.78. The molecule has 6 aromatic rings. The molecule has 4 heterocycles.